The maximum absolute atomic E-state index is 12.4. The van der Waals surface area contributed by atoms with E-state index in [4.69, 9.17) is 0 Å². The largest absolute Gasteiger partial charge is 0.337 e. The van der Waals surface area contributed by atoms with Crippen molar-refractivity contribution in [2.75, 3.05) is 6.54 Å². The number of carbonyl (C=O) groups is 1. The number of nitrogens with one attached hydrogen (secondary N) is 2. The van der Waals surface area contributed by atoms with E-state index in [1.807, 2.05) is 65.4 Å². The lowest BCUT2D eigenvalue weighted by molar-refractivity contribution is 0.246. The summed E-state index contributed by atoms with van der Waals surface area (Å²) in [6.07, 6.45) is 0.625. The van der Waals surface area contributed by atoms with Crippen molar-refractivity contribution in [3.8, 4) is 11.1 Å². The zero-order chi connectivity index (χ0) is 19.1. The Morgan fingerprint density at radius 3 is 1.93 bits per heavy atom. The van der Waals surface area contributed by atoms with Crippen molar-refractivity contribution in [2.24, 2.45) is 0 Å². The number of urea groups is 1. The Bertz CT molecular complexity index is 987. The number of carbonyl (C=O) groups excluding carboxylic acids is 1. The van der Waals surface area contributed by atoms with Crippen LogP contribution in [0.25, 0.3) is 11.1 Å². The highest BCUT2D eigenvalue weighted by atomic mass is 32.2. The minimum Gasteiger partial charge on any atom is -0.337 e. The molecule has 0 spiro atoms. The van der Waals surface area contributed by atoms with Gasteiger partial charge in [0.2, 0.25) is 0 Å². The maximum Gasteiger partial charge on any atom is 0.328 e. The van der Waals surface area contributed by atoms with Crippen LogP contribution in [0.15, 0.2) is 89.8 Å². The quantitative estimate of drug-likeness (QED) is 0.686. The standard InChI is InChI=1S/C21H20N2O3S/c24-21(22-16-15-17-7-3-1-4-8-17)23-27(25,26)20-13-11-19(12-14-20)18-9-5-2-6-10-18/h1-14H,15-16H2,(H2,22,23,24). The summed E-state index contributed by atoms with van der Waals surface area (Å²) in [6.45, 7) is 0.346. The normalized spacial score (nSPS) is 11.0. The van der Waals surface area contributed by atoms with Crippen LogP contribution in [-0.2, 0) is 16.4 Å². The van der Waals surface area contributed by atoms with Crippen LogP contribution < -0.4 is 10.0 Å². The molecule has 0 aromatic heterocycles. The Kier molecular flexibility index (Phi) is 5.88. The van der Waals surface area contributed by atoms with Crippen molar-refractivity contribution in [3.05, 3.63) is 90.5 Å². The van der Waals surface area contributed by atoms with Crippen LogP contribution in [0.3, 0.4) is 0 Å². The molecule has 0 aliphatic carbocycles. The smallest absolute Gasteiger partial charge is 0.328 e. The zero-order valence-corrected chi connectivity index (χ0v) is 15.4. The van der Waals surface area contributed by atoms with E-state index in [1.54, 1.807) is 12.1 Å². The molecule has 0 atom stereocenters. The molecule has 0 fully saturated rings. The Morgan fingerprint density at radius 1 is 0.741 bits per heavy atom. The highest BCUT2D eigenvalue weighted by Gasteiger charge is 2.17. The van der Waals surface area contributed by atoms with E-state index in [0.29, 0.717) is 13.0 Å². The third kappa shape index (κ3) is 5.18. The van der Waals surface area contributed by atoms with Crippen molar-refractivity contribution in [1.29, 1.82) is 0 Å². The van der Waals surface area contributed by atoms with Crippen LogP contribution in [0.5, 0.6) is 0 Å². The van der Waals surface area contributed by atoms with Crippen LogP contribution in [-0.4, -0.2) is 21.0 Å². The maximum atomic E-state index is 12.4. The lowest BCUT2D eigenvalue weighted by atomic mass is 10.1. The predicted molar refractivity (Wildman–Crippen MR) is 106 cm³/mol. The average Bonchev–Trinajstić information content (AvgIpc) is 2.69. The molecule has 27 heavy (non-hydrogen) atoms. The van der Waals surface area contributed by atoms with Crippen molar-refractivity contribution in [1.82, 2.24) is 10.0 Å². The SMILES string of the molecule is O=C(NCCc1ccccc1)NS(=O)(=O)c1ccc(-c2ccccc2)cc1. The molecule has 3 aromatic rings. The molecule has 0 aliphatic heterocycles. The minimum absolute atomic E-state index is 0.0420. The lowest BCUT2D eigenvalue weighted by Gasteiger charge is -2.09. The van der Waals surface area contributed by atoms with Gasteiger partial charge in [0.05, 0.1) is 4.90 Å². The first-order valence-corrected chi connectivity index (χ1v) is 10.0. The fourth-order valence-electron chi connectivity index (χ4n) is 2.64. The molecule has 0 unspecified atom stereocenters. The van der Waals surface area contributed by atoms with Crippen LogP contribution in [0.2, 0.25) is 0 Å². The number of amides is 2. The highest BCUT2D eigenvalue weighted by molar-refractivity contribution is 7.90. The molecule has 0 saturated carbocycles. The second-order valence-electron chi connectivity index (χ2n) is 5.99. The monoisotopic (exact) mass is 380 g/mol. The van der Waals surface area contributed by atoms with Gasteiger partial charge in [-0.1, -0.05) is 72.8 Å². The van der Waals surface area contributed by atoms with E-state index < -0.39 is 16.1 Å². The van der Waals surface area contributed by atoms with Gasteiger partial charge in [0, 0.05) is 6.54 Å². The fourth-order valence-corrected chi connectivity index (χ4v) is 3.57. The Hall–Kier alpha value is -3.12. The molecule has 6 heteroatoms. The number of sulfonamides is 1. The van der Waals surface area contributed by atoms with Gasteiger partial charge in [-0.15, -0.1) is 0 Å². The molecular formula is C21H20N2O3S. The summed E-state index contributed by atoms with van der Waals surface area (Å²) in [7, 11) is -3.92. The van der Waals surface area contributed by atoms with Crippen molar-refractivity contribution in [2.45, 2.75) is 11.3 Å². The molecule has 0 aliphatic rings. The molecule has 0 saturated heterocycles. The summed E-state index contributed by atoms with van der Waals surface area (Å²) in [4.78, 5) is 12.0. The number of rotatable bonds is 6. The van der Waals surface area contributed by atoms with Crippen molar-refractivity contribution >= 4 is 16.1 Å². The van der Waals surface area contributed by atoms with E-state index in [9.17, 15) is 13.2 Å². The number of hydrogen-bond donors (Lipinski definition) is 2. The third-order valence-corrected chi connectivity index (χ3v) is 5.39. The van der Waals surface area contributed by atoms with E-state index in [-0.39, 0.29) is 4.90 Å². The number of benzene rings is 3. The van der Waals surface area contributed by atoms with Gasteiger partial charge in [0.15, 0.2) is 0 Å². The summed E-state index contributed by atoms with van der Waals surface area (Å²) in [5, 5.41) is 2.57. The van der Waals surface area contributed by atoms with Gasteiger partial charge in [-0.05, 0) is 35.2 Å². The van der Waals surface area contributed by atoms with Gasteiger partial charge >= 0.3 is 6.03 Å². The summed E-state index contributed by atoms with van der Waals surface area (Å²) in [5.41, 5.74) is 2.96. The zero-order valence-electron chi connectivity index (χ0n) is 14.6. The topological polar surface area (TPSA) is 75.3 Å². The molecular weight excluding hydrogens is 360 g/mol. The second-order valence-corrected chi connectivity index (χ2v) is 7.67. The van der Waals surface area contributed by atoms with E-state index in [1.165, 1.54) is 12.1 Å². The Morgan fingerprint density at radius 2 is 1.30 bits per heavy atom. The van der Waals surface area contributed by atoms with Gasteiger partial charge in [0.1, 0.15) is 0 Å². The molecule has 5 nitrogen and oxygen atoms in total. The summed E-state index contributed by atoms with van der Waals surface area (Å²) in [6, 6.07) is 25.0. The third-order valence-electron chi connectivity index (χ3n) is 4.04. The molecule has 0 bridgehead atoms. The second kappa shape index (κ2) is 8.51. The van der Waals surface area contributed by atoms with Crippen LogP contribution in [0.4, 0.5) is 4.79 Å². The predicted octanol–water partition coefficient (Wildman–Crippen LogP) is 3.58. The molecule has 0 heterocycles. The van der Waals surface area contributed by atoms with E-state index in [0.717, 1.165) is 16.7 Å². The van der Waals surface area contributed by atoms with Gasteiger partial charge in [0.25, 0.3) is 10.0 Å². The molecule has 2 amide bonds. The first-order valence-electron chi connectivity index (χ1n) is 8.55. The Labute approximate surface area is 159 Å². The first-order chi connectivity index (χ1) is 13.0. The summed E-state index contributed by atoms with van der Waals surface area (Å²) >= 11 is 0. The fraction of sp³-hybridized carbons (Fsp3) is 0.0952. The molecule has 0 radical (unpaired) electrons. The Balaban J connectivity index is 1.58. The van der Waals surface area contributed by atoms with E-state index >= 15 is 0 Å². The molecule has 2 N–H and O–H groups in total. The van der Waals surface area contributed by atoms with Gasteiger partial charge in [-0.25, -0.2) is 17.9 Å². The number of hydrogen-bond acceptors (Lipinski definition) is 3. The summed E-state index contributed by atoms with van der Waals surface area (Å²) in [5.74, 6) is 0. The van der Waals surface area contributed by atoms with Crippen molar-refractivity contribution < 1.29 is 13.2 Å². The van der Waals surface area contributed by atoms with Crippen LogP contribution in [0, 0.1) is 0 Å². The van der Waals surface area contributed by atoms with Crippen LogP contribution >= 0.6 is 0 Å². The minimum atomic E-state index is -3.92. The molecule has 138 valence electrons. The first kappa shape index (κ1) is 18.7. The van der Waals surface area contributed by atoms with Gasteiger partial charge in [-0.2, -0.15) is 0 Å². The highest BCUT2D eigenvalue weighted by Crippen LogP contribution is 2.20. The molecule has 3 rings (SSSR count). The van der Waals surface area contributed by atoms with E-state index in [2.05, 4.69) is 5.32 Å². The van der Waals surface area contributed by atoms with Gasteiger partial charge < -0.3 is 5.32 Å². The lowest BCUT2D eigenvalue weighted by Crippen LogP contribution is -2.40. The molecule has 3 aromatic carbocycles. The van der Waals surface area contributed by atoms with Crippen LogP contribution in [0.1, 0.15) is 5.56 Å². The summed E-state index contributed by atoms with van der Waals surface area (Å²) < 4.78 is 26.7. The van der Waals surface area contributed by atoms with Gasteiger partial charge in [-0.3, -0.25) is 0 Å². The average molecular weight is 380 g/mol. The van der Waals surface area contributed by atoms with Crippen molar-refractivity contribution in [3.63, 3.8) is 0 Å².